The van der Waals surface area contributed by atoms with Gasteiger partial charge in [0.05, 0.1) is 21.1 Å². The molecule has 0 N–H and O–H groups in total. The van der Waals surface area contributed by atoms with E-state index in [1.165, 1.54) is 24.3 Å². The first kappa shape index (κ1) is 29.4. The number of anilines is 1. The number of esters is 1. The van der Waals surface area contributed by atoms with Crippen LogP contribution in [-0.4, -0.2) is 25.2 Å². The van der Waals surface area contributed by atoms with Crippen molar-refractivity contribution in [3.63, 3.8) is 0 Å². The zero-order valence-corrected chi connectivity index (χ0v) is 24.4. The molecule has 0 aliphatic carbocycles. The number of aryl methyl sites for hydroxylation is 2. The largest absolute Gasteiger partial charge is 0.422 e. The van der Waals surface area contributed by atoms with E-state index in [4.69, 9.17) is 16.3 Å². The van der Waals surface area contributed by atoms with Gasteiger partial charge in [0.15, 0.2) is 0 Å². The molecule has 0 aromatic heterocycles. The van der Waals surface area contributed by atoms with Crippen LogP contribution in [0.1, 0.15) is 31.8 Å². The molecular formula is C32H23ClN2O7S. The first-order chi connectivity index (χ1) is 20.5. The van der Waals surface area contributed by atoms with Crippen LogP contribution in [-0.2, 0) is 10.0 Å². The number of amides is 1. The average molecular weight is 615 g/mol. The molecule has 0 atom stereocenters. The smallest absolute Gasteiger partial charge is 0.343 e. The number of sulfonamides is 1. The number of hydrogen-bond donors (Lipinski definition) is 0. The number of halogens is 1. The minimum atomic E-state index is -4.75. The number of nitrogens with zero attached hydrogens (tertiary/aromatic N) is 2. The third-order valence-corrected chi connectivity index (χ3v) is 8.72. The lowest BCUT2D eigenvalue weighted by molar-refractivity contribution is -0.384. The van der Waals surface area contributed by atoms with Gasteiger partial charge >= 0.3 is 5.97 Å². The summed E-state index contributed by atoms with van der Waals surface area (Å²) in [5.41, 5.74) is 1.53. The predicted molar refractivity (Wildman–Crippen MR) is 163 cm³/mol. The maximum absolute atomic E-state index is 14.2. The highest BCUT2D eigenvalue weighted by molar-refractivity contribution is 7.93. The molecule has 0 radical (unpaired) electrons. The van der Waals surface area contributed by atoms with E-state index < -0.39 is 37.4 Å². The van der Waals surface area contributed by atoms with Gasteiger partial charge in [0.1, 0.15) is 10.8 Å². The Labute approximate surface area is 252 Å². The molecule has 5 rings (SSSR count). The van der Waals surface area contributed by atoms with Crippen molar-refractivity contribution in [2.24, 2.45) is 0 Å². The van der Waals surface area contributed by atoms with Gasteiger partial charge in [-0.25, -0.2) is 13.2 Å². The number of rotatable bonds is 7. The normalized spacial score (nSPS) is 11.2. The van der Waals surface area contributed by atoms with Crippen molar-refractivity contribution in [2.75, 3.05) is 4.31 Å². The molecule has 9 nitrogen and oxygen atoms in total. The van der Waals surface area contributed by atoms with E-state index in [1.54, 1.807) is 60.7 Å². The summed E-state index contributed by atoms with van der Waals surface area (Å²) in [5, 5.41) is 11.9. The van der Waals surface area contributed by atoms with E-state index in [1.807, 2.05) is 13.8 Å². The maximum Gasteiger partial charge on any atom is 0.343 e. The van der Waals surface area contributed by atoms with E-state index in [0.29, 0.717) is 15.3 Å². The summed E-state index contributed by atoms with van der Waals surface area (Å²) in [6, 6.07) is 25.4. The summed E-state index contributed by atoms with van der Waals surface area (Å²) in [5.74, 6) is -1.37. The number of hydrogen-bond acceptors (Lipinski definition) is 7. The molecule has 1 amide bonds. The Morgan fingerprint density at radius 2 is 1.37 bits per heavy atom. The fourth-order valence-corrected chi connectivity index (χ4v) is 6.07. The second kappa shape index (κ2) is 11.7. The van der Waals surface area contributed by atoms with Crippen LogP contribution in [0.15, 0.2) is 108 Å². The van der Waals surface area contributed by atoms with Gasteiger partial charge < -0.3 is 4.74 Å². The third-order valence-electron chi connectivity index (χ3n) is 6.71. The second-order valence-electron chi connectivity index (χ2n) is 9.69. The molecule has 0 spiro atoms. The fraction of sp³-hybridized carbons (Fsp3) is 0.0625. The molecule has 5 aromatic rings. The van der Waals surface area contributed by atoms with Crippen LogP contribution in [0.25, 0.3) is 10.8 Å². The molecule has 0 saturated heterocycles. The summed E-state index contributed by atoms with van der Waals surface area (Å²) in [7, 11) is -4.75. The Kier molecular flexibility index (Phi) is 7.99. The number of carbonyl (C=O) groups excluding carboxylic acids is 2. The van der Waals surface area contributed by atoms with Gasteiger partial charge in [0.25, 0.3) is 21.6 Å². The Hall–Kier alpha value is -5.06. The van der Waals surface area contributed by atoms with E-state index >= 15 is 0 Å². The molecule has 216 valence electrons. The number of carbonyl (C=O) groups is 2. The van der Waals surface area contributed by atoms with Crippen molar-refractivity contribution in [2.45, 2.75) is 18.7 Å². The Bertz CT molecular complexity index is 2010. The van der Waals surface area contributed by atoms with Gasteiger partial charge in [-0.05, 0) is 62.4 Å². The van der Waals surface area contributed by atoms with Gasteiger partial charge in [-0.3, -0.25) is 14.9 Å². The zero-order chi connectivity index (χ0) is 30.9. The highest BCUT2D eigenvalue weighted by Gasteiger charge is 2.35. The summed E-state index contributed by atoms with van der Waals surface area (Å²) in [6.07, 6.45) is 0. The monoisotopic (exact) mass is 614 g/mol. The lowest BCUT2D eigenvalue weighted by Crippen LogP contribution is -2.37. The van der Waals surface area contributed by atoms with Crippen LogP contribution in [0, 0.1) is 24.0 Å². The molecule has 11 heteroatoms. The average Bonchev–Trinajstić information content (AvgIpc) is 2.98. The molecule has 0 aliphatic heterocycles. The zero-order valence-electron chi connectivity index (χ0n) is 22.9. The summed E-state index contributed by atoms with van der Waals surface area (Å²) in [4.78, 5) is 37.1. The lowest BCUT2D eigenvalue weighted by Gasteiger charge is -2.25. The highest BCUT2D eigenvalue weighted by Crippen LogP contribution is 2.38. The number of ether oxygens (including phenoxy) is 1. The van der Waals surface area contributed by atoms with Crippen LogP contribution >= 0.6 is 11.6 Å². The standard InChI is InChI=1S/C32H23ClN2O7S/c1-20-7-11-22(12-8-20)31(36)34(43(40,41)24-15-16-27(33)29(19-24)35(38)39)28-17-18-30(26-6-4-3-5-25(26)28)42-32(37)23-13-9-21(2)10-14-23/h3-19H,1-2H3. The van der Waals surface area contributed by atoms with Crippen LogP contribution in [0.5, 0.6) is 5.75 Å². The highest BCUT2D eigenvalue weighted by atomic mass is 35.5. The minimum absolute atomic E-state index is 0.0473. The van der Waals surface area contributed by atoms with Gasteiger partial charge in [0, 0.05) is 22.4 Å². The molecule has 5 aromatic carbocycles. The Morgan fingerprint density at radius 1 is 0.791 bits per heavy atom. The molecule has 0 unspecified atom stereocenters. The predicted octanol–water partition coefficient (Wildman–Crippen LogP) is 7.27. The molecule has 0 aliphatic rings. The molecule has 0 fully saturated rings. The first-order valence-corrected chi connectivity index (χ1v) is 14.7. The number of nitro groups is 1. The first-order valence-electron chi connectivity index (χ1n) is 12.9. The number of benzene rings is 5. The van der Waals surface area contributed by atoms with Crippen LogP contribution < -0.4 is 9.04 Å². The fourth-order valence-electron chi connectivity index (χ4n) is 4.43. The molecule has 43 heavy (non-hydrogen) atoms. The molecule has 0 heterocycles. The van der Waals surface area contributed by atoms with Crippen molar-refractivity contribution in [3.8, 4) is 5.75 Å². The second-order valence-corrected chi connectivity index (χ2v) is 11.9. The van der Waals surface area contributed by atoms with E-state index in [0.717, 1.165) is 29.3 Å². The lowest BCUT2D eigenvalue weighted by atomic mass is 10.1. The quantitative estimate of drug-likeness (QED) is 0.0817. The van der Waals surface area contributed by atoms with Gasteiger partial charge in [-0.15, -0.1) is 0 Å². The SMILES string of the molecule is Cc1ccc(C(=O)Oc2ccc(N(C(=O)c3ccc(C)cc3)S(=O)(=O)c3ccc(Cl)c([N+](=O)[O-])c3)c3ccccc23)cc1. The molecular weight excluding hydrogens is 592 g/mol. The van der Waals surface area contributed by atoms with Crippen LogP contribution in [0.4, 0.5) is 11.4 Å². The maximum atomic E-state index is 14.2. The van der Waals surface area contributed by atoms with E-state index in [9.17, 15) is 28.1 Å². The van der Waals surface area contributed by atoms with Crippen LogP contribution in [0.3, 0.4) is 0 Å². The van der Waals surface area contributed by atoms with Crippen molar-refractivity contribution in [3.05, 3.63) is 141 Å². The summed E-state index contributed by atoms with van der Waals surface area (Å²) >= 11 is 5.94. The molecule has 0 saturated carbocycles. The van der Waals surface area contributed by atoms with Crippen molar-refractivity contribution in [1.82, 2.24) is 0 Å². The van der Waals surface area contributed by atoms with E-state index in [2.05, 4.69) is 0 Å². The Morgan fingerprint density at radius 3 is 1.98 bits per heavy atom. The van der Waals surface area contributed by atoms with Crippen molar-refractivity contribution >= 4 is 55.6 Å². The van der Waals surface area contributed by atoms with Crippen molar-refractivity contribution < 1.29 is 27.7 Å². The van der Waals surface area contributed by atoms with Gasteiger partial charge in [0.2, 0.25) is 0 Å². The van der Waals surface area contributed by atoms with Gasteiger partial charge in [-0.2, -0.15) is 4.31 Å². The van der Waals surface area contributed by atoms with Crippen molar-refractivity contribution in [1.29, 1.82) is 0 Å². The molecule has 0 bridgehead atoms. The Balaban J connectivity index is 1.68. The number of nitro benzene ring substituents is 1. The minimum Gasteiger partial charge on any atom is -0.422 e. The van der Waals surface area contributed by atoms with Crippen LogP contribution in [0.2, 0.25) is 5.02 Å². The van der Waals surface area contributed by atoms with Gasteiger partial charge in [-0.1, -0.05) is 71.3 Å². The summed E-state index contributed by atoms with van der Waals surface area (Å²) < 4.78 is 34.6. The summed E-state index contributed by atoms with van der Waals surface area (Å²) in [6.45, 7) is 3.71. The third kappa shape index (κ3) is 5.83. The number of fused-ring (bicyclic) bond motifs is 1. The topological polar surface area (TPSA) is 124 Å². The van der Waals surface area contributed by atoms with E-state index in [-0.39, 0.29) is 27.4 Å².